The lowest BCUT2D eigenvalue weighted by atomic mass is 10.1. The van der Waals surface area contributed by atoms with Crippen molar-refractivity contribution >= 4 is 0 Å². The molecule has 0 aromatic rings. The summed E-state index contributed by atoms with van der Waals surface area (Å²) in [5.74, 6) is 2.00. The van der Waals surface area contributed by atoms with Crippen molar-refractivity contribution in [2.75, 3.05) is 0 Å². The summed E-state index contributed by atoms with van der Waals surface area (Å²) in [6, 6.07) is 0. The van der Waals surface area contributed by atoms with Crippen molar-refractivity contribution in [2.45, 2.75) is 32.3 Å². The van der Waals surface area contributed by atoms with Crippen LogP contribution in [0.25, 0.3) is 0 Å². The highest BCUT2D eigenvalue weighted by molar-refractivity contribution is 5.02. The Morgan fingerprint density at radius 1 is 1.56 bits per heavy atom. The minimum atomic E-state index is 0.569. The second-order valence-corrected chi connectivity index (χ2v) is 3.09. The summed E-state index contributed by atoms with van der Waals surface area (Å²) in [7, 11) is 0. The van der Waals surface area contributed by atoms with E-state index in [4.69, 9.17) is 4.74 Å². The van der Waals surface area contributed by atoms with E-state index in [1.54, 1.807) is 0 Å². The zero-order valence-corrected chi connectivity index (χ0v) is 5.76. The van der Waals surface area contributed by atoms with Crippen molar-refractivity contribution < 1.29 is 4.74 Å². The van der Waals surface area contributed by atoms with Crippen molar-refractivity contribution in [1.29, 1.82) is 0 Å². The predicted molar refractivity (Wildman–Crippen MR) is 36.0 cm³/mol. The third-order valence-electron chi connectivity index (χ3n) is 2.25. The Bertz CT molecular complexity index is 149. The molecule has 0 aromatic heterocycles. The molecule has 2 atom stereocenters. The van der Waals surface area contributed by atoms with Crippen LogP contribution in [0.1, 0.15) is 26.2 Å². The number of ether oxygens (including phenoxy) is 1. The van der Waals surface area contributed by atoms with Crippen LogP contribution in [0.4, 0.5) is 0 Å². The lowest BCUT2D eigenvalue weighted by Crippen LogP contribution is -2.11. The SMILES string of the molecule is CC1=CC2CCC(C2)O1. The van der Waals surface area contributed by atoms with Crippen LogP contribution >= 0.6 is 0 Å². The van der Waals surface area contributed by atoms with Gasteiger partial charge in [-0.15, -0.1) is 0 Å². The average molecular weight is 124 g/mol. The topological polar surface area (TPSA) is 9.23 Å². The minimum Gasteiger partial charge on any atom is -0.495 e. The summed E-state index contributed by atoms with van der Waals surface area (Å²) in [6.45, 7) is 2.06. The summed E-state index contributed by atoms with van der Waals surface area (Å²) in [5.41, 5.74) is 0. The molecule has 1 saturated carbocycles. The molecule has 0 aromatic carbocycles. The number of allylic oxidation sites excluding steroid dienone is 2. The summed E-state index contributed by atoms with van der Waals surface area (Å²) >= 11 is 0. The van der Waals surface area contributed by atoms with Gasteiger partial charge in [0.2, 0.25) is 0 Å². The van der Waals surface area contributed by atoms with Crippen LogP contribution in [0.3, 0.4) is 0 Å². The molecule has 1 aliphatic carbocycles. The molecule has 0 saturated heterocycles. The maximum Gasteiger partial charge on any atom is 0.0988 e. The van der Waals surface area contributed by atoms with Crippen LogP contribution in [0.15, 0.2) is 11.8 Å². The fraction of sp³-hybridized carbons (Fsp3) is 0.750. The summed E-state index contributed by atoms with van der Waals surface area (Å²) < 4.78 is 5.54. The van der Waals surface area contributed by atoms with E-state index < -0.39 is 0 Å². The molecule has 0 amide bonds. The van der Waals surface area contributed by atoms with Gasteiger partial charge in [-0.3, -0.25) is 0 Å². The first-order chi connectivity index (χ1) is 4.34. The number of hydrogen-bond acceptors (Lipinski definition) is 1. The number of rotatable bonds is 0. The predicted octanol–water partition coefficient (Wildman–Crippen LogP) is 2.09. The maximum atomic E-state index is 5.54. The van der Waals surface area contributed by atoms with Crippen LogP contribution in [-0.2, 0) is 4.74 Å². The number of hydrogen-bond donors (Lipinski definition) is 0. The molecule has 50 valence electrons. The molecule has 1 fully saturated rings. The first-order valence-electron chi connectivity index (χ1n) is 3.69. The Balaban J connectivity index is 2.19. The van der Waals surface area contributed by atoms with E-state index in [9.17, 15) is 0 Å². The minimum absolute atomic E-state index is 0.569. The molecule has 1 aliphatic heterocycles. The molecular formula is C8H12O. The lowest BCUT2D eigenvalue weighted by molar-refractivity contribution is 0.110. The number of fused-ring (bicyclic) bond motifs is 2. The Morgan fingerprint density at radius 2 is 2.44 bits per heavy atom. The summed E-state index contributed by atoms with van der Waals surface area (Å²) in [6.07, 6.45) is 6.74. The van der Waals surface area contributed by atoms with E-state index >= 15 is 0 Å². The normalized spacial score (nSPS) is 39.9. The van der Waals surface area contributed by atoms with Gasteiger partial charge >= 0.3 is 0 Å². The highest BCUT2D eigenvalue weighted by Gasteiger charge is 2.28. The second-order valence-electron chi connectivity index (χ2n) is 3.09. The zero-order valence-electron chi connectivity index (χ0n) is 5.76. The Hall–Kier alpha value is -0.460. The molecule has 1 heteroatoms. The van der Waals surface area contributed by atoms with Gasteiger partial charge in [-0.1, -0.05) is 0 Å². The molecule has 2 bridgehead atoms. The Labute approximate surface area is 55.7 Å². The highest BCUT2D eigenvalue weighted by atomic mass is 16.5. The molecule has 1 nitrogen and oxygen atoms in total. The summed E-state index contributed by atoms with van der Waals surface area (Å²) in [5, 5.41) is 0. The molecule has 2 unspecified atom stereocenters. The van der Waals surface area contributed by atoms with Gasteiger partial charge < -0.3 is 4.74 Å². The van der Waals surface area contributed by atoms with Crippen LogP contribution in [0.2, 0.25) is 0 Å². The van der Waals surface area contributed by atoms with Gasteiger partial charge in [0.1, 0.15) is 0 Å². The lowest BCUT2D eigenvalue weighted by Gasteiger charge is -2.18. The fourth-order valence-corrected chi connectivity index (χ4v) is 1.87. The first-order valence-corrected chi connectivity index (χ1v) is 3.69. The van der Waals surface area contributed by atoms with Crippen molar-refractivity contribution in [3.05, 3.63) is 11.8 Å². The molecule has 0 spiro atoms. The van der Waals surface area contributed by atoms with Crippen molar-refractivity contribution in [1.82, 2.24) is 0 Å². The molecule has 1 heterocycles. The van der Waals surface area contributed by atoms with Gasteiger partial charge in [0.15, 0.2) is 0 Å². The van der Waals surface area contributed by atoms with E-state index in [1.165, 1.54) is 19.3 Å². The Kier molecular flexibility index (Phi) is 1.04. The van der Waals surface area contributed by atoms with Crippen molar-refractivity contribution in [3.63, 3.8) is 0 Å². The van der Waals surface area contributed by atoms with Crippen molar-refractivity contribution in [2.24, 2.45) is 5.92 Å². The summed E-state index contributed by atoms with van der Waals surface area (Å²) in [4.78, 5) is 0. The molecule has 0 radical (unpaired) electrons. The van der Waals surface area contributed by atoms with Crippen LogP contribution < -0.4 is 0 Å². The van der Waals surface area contributed by atoms with Gasteiger partial charge in [0, 0.05) is 0 Å². The van der Waals surface area contributed by atoms with E-state index in [2.05, 4.69) is 13.0 Å². The smallest absolute Gasteiger partial charge is 0.0988 e. The van der Waals surface area contributed by atoms with Gasteiger partial charge in [-0.25, -0.2) is 0 Å². The van der Waals surface area contributed by atoms with E-state index in [0.29, 0.717) is 6.10 Å². The average Bonchev–Trinajstić information content (AvgIpc) is 2.11. The first kappa shape index (κ1) is 5.33. The van der Waals surface area contributed by atoms with Gasteiger partial charge in [-0.2, -0.15) is 0 Å². The molecular weight excluding hydrogens is 112 g/mol. The van der Waals surface area contributed by atoms with Gasteiger partial charge in [-0.05, 0) is 38.2 Å². The van der Waals surface area contributed by atoms with Crippen LogP contribution in [-0.4, -0.2) is 6.10 Å². The van der Waals surface area contributed by atoms with E-state index in [1.807, 2.05) is 0 Å². The van der Waals surface area contributed by atoms with Crippen molar-refractivity contribution in [3.8, 4) is 0 Å². The molecule has 2 rings (SSSR count). The Morgan fingerprint density at radius 3 is 3.22 bits per heavy atom. The van der Waals surface area contributed by atoms with Crippen LogP contribution in [0, 0.1) is 5.92 Å². The molecule has 2 aliphatic rings. The molecule has 9 heavy (non-hydrogen) atoms. The standard InChI is InChI=1S/C8H12O/c1-6-4-7-2-3-8(5-7)9-6/h4,7-8H,2-3,5H2,1H3. The highest BCUT2D eigenvalue weighted by Crippen LogP contribution is 2.34. The second kappa shape index (κ2) is 1.76. The zero-order chi connectivity index (χ0) is 6.27. The van der Waals surface area contributed by atoms with E-state index in [-0.39, 0.29) is 0 Å². The maximum absolute atomic E-state index is 5.54. The quantitative estimate of drug-likeness (QED) is 0.480. The van der Waals surface area contributed by atoms with Gasteiger partial charge in [0.05, 0.1) is 11.9 Å². The fourth-order valence-electron chi connectivity index (χ4n) is 1.87. The largest absolute Gasteiger partial charge is 0.495 e. The molecule has 0 N–H and O–H groups in total. The third kappa shape index (κ3) is 0.846. The van der Waals surface area contributed by atoms with Crippen LogP contribution in [0.5, 0.6) is 0 Å². The third-order valence-corrected chi connectivity index (χ3v) is 2.25. The van der Waals surface area contributed by atoms with Gasteiger partial charge in [0.25, 0.3) is 0 Å². The monoisotopic (exact) mass is 124 g/mol. The van der Waals surface area contributed by atoms with E-state index in [0.717, 1.165) is 11.7 Å².